The summed E-state index contributed by atoms with van der Waals surface area (Å²) in [6.45, 7) is 0.365. The second kappa shape index (κ2) is 10.2. The molecule has 33 heavy (non-hydrogen) atoms. The third-order valence-corrected chi connectivity index (χ3v) is 4.97. The topological polar surface area (TPSA) is 91.2 Å². The molecule has 4 aromatic carbocycles. The smallest absolute Gasteiger partial charge is 0.271 e. The summed E-state index contributed by atoms with van der Waals surface area (Å²) < 4.78 is 6.05. The molecular formula is C27H22N2O4. The first-order valence-electron chi connectivity index (χ1n) is 10.3. The lowest BCUT2D eigenvalue weighted by atomic mass is 10.0. The quantitative estimate of drug-likeness (QED) is 0.276. The maximum atomic E-state index is 12.3. The minimum absolute atomic E-state index is 0.0543. The molecule has 0 atom stereocenters. The number of benzene rings is 4. The number of amides is 1. The standard InChI is InChI=1S/C27H22N2O4/c30-23-15-14-22(25(31)16-23)17-28-29-27(32)21-12-10-19(11-13-21)18-33-26-9-5-4-8-24(26)20-6-2-1-3-7-20/h1-17,30-31H,18H2,(H,29,32). The van der Waals surface area contributed by atoms with E-state index in [4.69, 9.17) is 4.74 Å². The first-order chi connectivity index (χ1) is 16.1. The van der Waals surface area contributed by atoms with Gasteiger partial charge in [-0.2, -0.15) is 5.10 Å². The number of hydrogen-bond acceptors (Lipinski definition) is 5. The van der Waals surface area contributed by atoms with E-state index in [2.05, 4.69) is 10.5 Å². The van der Waals surface area contributed by atoms with Crippen molar-refractivity contribution in [3.8, 4) is 28.4 Å². The summed E-state index contributed by atoms with van der Waals surface area (Å²) in [4.78, 5) is 12.3. The summed E-state index contributed by atoms with van der Waals surface area (Å²) in [6.07, 6.45) is 1.30. The van der Waals surface area contributed by atoms with Crippen molar-refractivity contribution >= 4 is 12.1 Å². The van der Waals surface area contributed by atoms with Crippen LogP contribution in [0.4, 0.5) is 0 Å². The number of rotatable bonds is 7. The molecule has 1 amide bonds. The molecule has 6 nitrogen and oxygen atoms in total. The van der Waals surface area contributed by atoms with Gasteiger partial charge in [0, 0.05) is 22.8 Å². The van der Waals surface area contributed by atoms with E-state index >= 15 is 0 Å². The van der Waals surface area contributed by atoms with Crippen LogP contribution < -0.4 is 10.2 Å². The van der Waals surface area contributed by atoms with Crippen LogP contribution in [0.2, 0.25) is 0 Å². The van der Waals surface area contributed by atoms with Gasteiger partial charge in [-0.3, -0.25) is 4.79 Å². The van der Waals surface area contributed by atoms with Crippen LogP contribution in [0.15, 0.2) is 102 Å². The van der Waals surface area contributed by atoms with Gasteiger partial charge in [-0.25, -0.2) is 5.43 Å². The predicted molar refractivity (Wildman–Crippen MR) is 127 cm³/mol. The summed E-state index contributed by atoms with van der Waals surface area (Å²) in [5.41, 5.74) is 6.26. The largest absolute Gasteiger partial charge is 0.508 e. The number of hydrogen-bond donors (Lipinski definition) is 3. The van der Waals surface area contributed by atoms with Gasteiger partial charge in [0.2, 0.25) is 0 Å². The van der Waals surface area contributed by atoms with E-state index in [1.54, 1.807) is 12.1 Å². The van der Waals surface area contributed by atoms with Gasteiger partial charge in [-0.15, -0.1) is 0 Å². The monoisotopic (exact) mass is 438 g/mol. The van der Waals surface area contributed by atoms with Crippen LogP contribution in [-0.2, 0) is 6.61 Å². The zero-order valence-electron chi connectivity index (χ0n) is 17.7. The molecule has 164 valence electrons. The Bertz CT molecular complexity index is 1270. The molecule has 0 bridgehead atoms. The van der Waals surface area contributed by atoms with Crippen molar-refractivity contribution in [1.29, 1.82) is 0 Å². The zero-order valence-corrected chi connectivity index (χ0v) is 17.7. The summed E-state index contributed by atoms with van der Waals surface area (Å²) in [7, 11) is 0. The van der Waals surface area contributed by atoms with E-state index < -0.39 is 0 Å². The summed E-state index contributed by atoms with van der Waals surface area (Å²) in [5.74, 6) is 0.219. The number of para-hydroxylation sites is 1. The Kier molecular flexibility index (Phi) is 6.66. The van der Waals surface area contributed by atoms with Crippen LogP contribution in [0.3, 0.4) is 0 Å². The Morgan fingerprint density at radius 3 is 2.36 bits per heavy atom. The second-order valence-corrected chi connectivity index (χ2v) is 7.29. The molecule has 0 fully saturated rings. The molecular weight excluding hydrogens is 416 g/mol. The predicted octanol–water partition coefficient (Wildman–Crippen LogP) is 5.11. The molecule has 0 unspecified atom stereocenters. The minimum Gasteiger partial charge on any atom is -0.508 e. The molecule has 0 saturated carbocycles. The highest BCUT2D eigenvalue weighted by atomic mass is 16.5. The molecule has 0 aliphatic rings. The highest BCUT2D eigenvalue weighted by molar-refractivity contribution is 5.95. The Morgan fingerprint density at radius 1 is 0.879 bits per heavy atom. The van der Waals surface area contributed by atoms with Crippen LogP contribution >= 0.6 is 0 Å². The van der Waals surface area contributed by atoms with Crippen molar-refractivity contribution in [3.05, 3.63) is 114 Å². The van der Waals surface area contributed by atoms with Gasteiger partial charge in [-0.05, 0) is 41.5 Å². The van der Waals surface area contributed by atoms with Crippen LogP contribution in [0, 0.1) is 0 Å². The summed E-state index contributed by atoms with van der Waals surface area (Å²) >= 11 is 0. The molecule has 0 heterocycles. The Balaban J connectivity index is 1.36. The van der Waals surface area contributed by atoms with Crippen molar-refractivity contribution in [3.63, 3.8) is 0 Å². The highest BCUT2D eigenvalue weighted by Crippen LogP contribution is 2.30. The number of nitrogens with zero attached hydrogens (tertiary/aromatic N) is 1. The SMILES string of the molecule is O=C(NN=Cc1ccc(O)cc1O)c1ccc(COc2ccccc2-c2ccccc2)cc1. The molecule has 0 aromatic heterocycles. The van der Waals surface area contributed by atoms with Crippen LogP contribution in [0.1, 0.15) is 21.5 Å². The van der Waals surface area contributed by atoms with Gasteiger partial charge in [0.05, 0.1) is 6.21 Å². The van der Waals surface area contributed by atoms with E-state index in [1.807, 2.05) is 66.7 Å². The van der Waals surface area contributed by atoms with E-state index in [-0.39, 0.29) is 17.4 Å². The number of ether oxygens (including phenoxy) is 1. The van der Waals surface area contributed by atoms with E-state index in [0.29, 0.717) is 17.7 Å². The molecule has 3 N–H and O–H groups in total. The van der Waals surface area contributed by atoms with E-state index in [0.717, 1.165) is 22.4 Å². The van der Waals surface area contributed by atoms with Crippen molar-refractivity contribution < 1.29 is 19.7 Å². The van der Waals surface area contributed by atoms with Crippen LogP contribution in [-0.4, -0.2) is 22.3 Å². The van der Waals surface area contributed by atoms with Gasteiger partial charge in [-0.1, -0.05) is 60.7 Å². The van der Waals surface area contributed by atoms with Gasteiger partial charge in [0.15, 0.2) is 0 Å². The highest BCUT2D eigenvalue weighted by Gasteiger charge is 2.08. The second-order valence-electron chi connectivity index (χ2n) is 7.29. The third-order valence-electron chi connectivity index (χ3n) is 4.97. The molecule has 4 aromatic rings. The number of carbonyl (C=O) groups excluding carboxylic acids is 1. The number of carbonyl (C=O) groups is 1. The average Bonchev–Trinajstić information content (AvgIpc) is 2.85. The lowest BCUT2D eigenvalue weighted by molar-refractivity contribution is 0.0955. The molecule has 0 spiro atoms. The molecule has 0 aliphatic carbocycles. The Morgan fingerprint density at radius 2 is 1.61 bits per heavy atom. The lowest BCUT2D eigenvalue weighted by Gasteiger charge is -2.12. The molecule has 0 radical (unpaired) electrons. The van der Waals surface area contributed by atoms with E-state index in [9.17, 15) is 15.0 Å². The van der Waals surface area contributed by atoms with Crippen molar-refractivity contribution in [2.75, 3.05) is 0 Å². The maximum Gasteiger partial charge on any atom is 0.271 e. The average molecular weight is 438 g/mol. The molecule has 6 heteroatoms. The van der Waals surface area contributed by atoms with Crippen LogP contribution in [0.5, 0.6) is 17.2 Å². The van der Waals surface area contributed by atoms with Crippen molar-refractivity contribution in [2.45, 2.75) is 6.61 Å². The van der Waals surface area contributed by atoms with Crippen LogP contribution in [0.25, 0.3) is 11.1 Å². The third kappa shape index (κ3) is 5.57. The first kappa shape index (κ1) is 21.6. The van der Waals surface area contributed by atoms with Gasteiger partial charge in [0.25, 0.3) is 5.91 Å². The van der Waals surface area contributed by atoms with E-state index in [1.165, 1.54) is 24.4 Å². The van der Waals surface area contributed by atoms with Crippen molar-refractivity contribution in [1.82, 2.24) is 5.43 Å². The minimum atomic E-state index is -0.383. The van der Waals surface area contributed by atoms with Gasteiger partial charge < -0.3 is 14.9 Å². The number of aromatic hydroxyl groups is 2. The van der Waals surface area contributed by atoms with Gasteiger partial charge in [0.1, 0.15) is 23.9 Å². The zero-order chi connectivity index (χ0) is 23.0. The molecule has 4 rings (SSSR count). The first-order valence-corrected chi connectivity index (χ1v) is 10.3. The Labute approximate surface area is 191 Å². The Hall–Kier alpha value is -4.58. The number of nitrogens with one attached hydrogen (secondary N) is 1. The fraction of sp³-hybridized carbons (Fsp3) is 0.0370. The fourth-order valence-electron chi connectivity index (χ4n) is 3.23. The van der Waals surface area contributed by atoms with Crippen molar-refractivity contribution in [2.24, 2.45) is 5.10 Å². The fourth-order valence-corrected chi connectivity index (χ4v) is 3.23. The number of phenols is 2. The maximum absolute atomic E-state index is 12.3. The molecule has 0 saturated heterocycles. The normalized spacial score (nSPS) is 10.8. The number of phenolic OH excluding ortho intramolecular Hbond substituents is 2. The van der Waals surface area contributed by atoms with Gasteiger partial charge >= 0.3 is 0 Å². The number of hydrazone groups is 1. The molecule has 0 aliphatic heterocycles. The summed E-state index contributed by atoms with van der Waals surface area (Å²) in [5, 5.41) is 22.9. The lowest BCUT2D eigenvalue weighted by Crippen LogP contribution is -2.17. The summed E-state index contributed by atoms with van der Waals surface area (Å²) in [6, 6.07) is 29.1.